The quantitative estimate of drug-likeness (QED) is 0.670. The minimum Gasteiger partial charge on any atom is -0.396 e. The van der Waals surface area contributed by atoms with E-state index in [0.717, 1.165) is 48.2 Å². The zero-order valence-corrected chi connectivity index (χ0v) is 18.6. The van der Waals surface area contributed by atoms with E-state index in [-0.39, 0.29) is 6.61 Å². The SMILES string of the molecule is CN1C[C@H]2C[C@@H]1CN2c1ccc2ncc(-c3cn(C4CC(CO)C4)nc3C3CC3)nc2c1. The predicted molar refractivity (Wildman–Crippen MR) is 124 cm³/mol. The van der Waals surface area contributed by atoms with Gasteiger partial charge in [0.1, 0.15) is 0 Å². The van der Waals surface area contributed by atoms with Gasteiger partial charge >= 0.3 is 0 Å². The van der Waals surface area contributed by atoms with Crippen LogP contribution >= 0.6 is 0 Å². The Hall–Kier alpha value is -2.51. The maximum atomic E-state index is 9.38. The van der Waals surface area contributed by atoms with Gasteiger partial charge < -0.3 is 10.0 Å². The summed E-state index contributed by atoms with van der Waals surface area (Å²) in [7, 11) is 2.24. The number of anilines is 1. The average Bonchev–Trinajstić information content (AvgIpc) is 3.23. The van der Waals surface area contributed by atoms with Crippen LogP contribution in [0.2, 0.25) is 0 Å². The number of nitrogens with zero attached hydrogens (tertiary/aromatic N) is 6. The molecule has 166 valence electrons. The Morgan fingerprint density at radius 3 is 2.62 bits per heavy atom. The highest BCUT2D eigenvalue weighted by atomic mass is 16.3. The lowest BCUT2D eigenvalue weighted by Gasteiger charge is -2.34. The summed E-state index contributed by atoms with van der Waals surface area (Å²) in [5, 5.41) is 14.4. The van der Waals surface area contributed by atoms with Crippen molar-refractivity contribution in [2.75, 3.05) is 31.6 Å². The van der Waals surface area contributed by atoms with E-state index in [1.165, 1.54) is 30.6 Å². The lowest BCUT2D eigenvalue weighted by atomic mass is 9.81. The third-order valence-electron chi connectivity index (χ3n) is 8.22. The highest BCUT2D eigenvalue weighted by Gasteiger charge is 2.41. The number of fused-ring (bicyclic) bond motifs is 3. The minimum absolute atomic E-state index is 0.285. The number of hydrogen-bond acceptors (Lipinski definition) is 6. The van der Waals surface area contributed by atoms with Crippen molar-refractivity contribution < 1.29 is 5.11 Å². The average molecular weight is 431 g/mol. The first-order chi connectivity index (χ1) is 15.7. The molecule has 2 aliphatic heterocycles. The van der Waals surface area contributed by atoms with Crippen molar-refractivity contribution >= 4 is 16.7 Å². The van der Waals surface area contributed by atoms with E-state index in [4.69, 9.17) is 15.1 Å². The van der Waals surface area contributed by atoms with E-state index in [9.17, 15) is 5.11 Å². The fourth-order valence-corrected chi connectivity index (χ4v) is 6.00. The van der Waals surface area contributed by atoms with Crippen molar-refractivity contribution in [1.29, 1.82) is 0 Å². The Labute approximate surface area is 188 Å². The number of benzene rings is 1. The van der Waals surface area contributed by atoms with Crippen LogP contribution < -0.4 is 4.90 Å². The molecule has 0 amide bonds. The molecule has 2 aromatic heterocycles. The molecule has 2 bridgehead atoms. The van der Waals surface area contributed by atoms with Gasteiger partial charge in [0, 0.05) is 55.1 Å². The van der Waals surface area contributed by atoms with Gasteiger partial charge in [0.2, 0.25) is 0 Å². The Morgan fingerprint density at radius 2 is 1.91 bits per heavy atom. The van der Waals surface area contributed by atoms with Gasteiger partial charge in [0.25, 0.3) is 0 Å². The van der Waals surface area contributed by atoms with Crippen molar-refractivity contribution in [3.05, 3.63) is 36.3 Å². The largest absolute Gasteiger partial charge is 0.396 e. The van der Waals surface area contributed by atoms with Crippen LogP contribution in [0.1, 0.15) is 49.8 Å². The number of aliphatic hydroxyl groups excluding tert-OH is 1. The Bertz CT molecular complexity index is 1180. The first-order valence-electron chi connectivity index (χ1n) is 12.1. The topological polar surface area (TPSA) is 70.3 Å². The number of piperazine rings is 1. The number of likely N-dealkylation sites (tertiary alicyclic amines) is 1. The molecule has 0 unspecified atom stereocenters. The zero-order valence-electron chi connectivity index (χ0n) is 18.6. The van der Waals surface area contributed by atoms with Crippen LogP contribution in [-0.4, -0.2) is 68.6 Å². The van der Waals surface area contributed by atoms with Crippen molar-refractivity contribution in [3.8, 4) is 11.3 Å². The van der Waals surface area contributed by atoms with E-state index < -0.39 is 0 Å². The third kappa shape index (κ3) is 2.98. The number of aromatic nitrogens is 4. The van der Waals surface area contributed by atoms with Gasteiger partial charge in [-0.25, -0.2) is 4.98 Å². The second-order valence-corrected chi connectivity index (χ2v) is 10.4. The standard InChI is InChI=1S/C25H30N6O/c1-29-11-20-8-19(29)12-30(20)17-4-5-22-23(9-17)27-24(10-26-22)21-13-31(18-6-15(7-18)14-32)28-25(21)16-2-3-16/h4-5,9-10,13,15-16,18-20,32H,2-3,6-8,11-12,14H2,1H3/t15?,18?,19-,20-/m1/s1. The monoisotopic (exact) mass is 430 g/mol. The van der Waals surface area contributed by atoms with Gasteiger partial charge in [-0.1, -0.05) is 0 Å². The van der Waals surface area contributed by atoms with E-state index in [0.29, 0.717) is 30.0 Å². The maximum absolute atomic E-state index is 9.38. The molecule has 4 heterocycles. The Kier molecular flexibility index (Phi) is 4.15. The van der Waals surface area contributed by atoms with Crippen molar-refractivity contribution in [2.45, 2.75) is 56.1 Å². The van der Waals surface area contributed by atoms with Crippen LogP contribution in [0.15, 0.2) is 30.6 Å². The Morgan fingerprint density at radius 1 is 1.03 bits per heavy atom. The summed E-state index contributed by atoms with van der Waals surface area (Å²) in [5.41, 5.74) is 6.44. The predicted octanol–water partition coefficient (Wildman–Crippen LogP) is 3.21. The number of aliphatic hydroxyl groups is 1. The molecule has 0 radical (unpaired) electrons. The molecule has 3 aromatic rings. The molecule has 4 aliphatic rings. The van der Waals surface area contributed by atoms with E-state index in [2.05, 4.69) is 45.9 Å². The summed E-state index contributed by atoms with van der Waals surface area (Å²) in [6.07, 6.45) is 9.82. The van der Waals surface area contributed by atoms with Crippen LogP contribution in [0, 0.1) is 5.92 Å². The molecule has 7 rings (SSSR count). The fraction of sp³-hybridized carbons (Fsp3) is 0.560. The van der Waals surface area contributed by atoms with Gasteiger partial charge in [0.05, 0.1) is 34.7 Å². The number of hydrogen-bond donors (Lipinski definition) is 1. The lowest BCUT2D eigenvalue weighted by molar-refractivity contribution is 0.105. The summed E-state index contributed by atoms with van der Waals surface area (Å²) in [6.45, 7) is 2.54. The lowest BCUT2D eigenvalue weighted by Crippen LogP contribution is -2.44. The molecule has 4 fully saturated rings. The zero-order chi connectivity index (χ0) is 21.4. The van der Waals surface area contributed by atoms with Crippen LogP contribution in [0.3, 0.4) is 0 Å². The normalized spacial score (nSPS) is 29.8. The van der Waals surface area contributed by atoms with E-state index >= 15 is 0 Å². The van der Waals surface area contributed by atoms with Crippen molar-refractivity contribution in [1.82, 2.24) is 24.6 Å². The van der Waals surface area contributed by atoms with Crippen LogP contribution in [-0.2, 0) is 0 Å². The minimum atomic E-state index is 0.285. The van der Waals surface area contributed by atoms with Gasteiger partial charge in [-0.3, -0.25) is 14.6 Å². The first-order valence-corrected chi connectivity index (χ1v) is 12.1. The Balaban J connectivity index is 1.23. The van der Waals surface area contributed by atoms with Crippen LogP contribution in [0.25, 0.3) is 22.3 Å². The first kappa shape index (κ1) is 19.0. The second kappa shape index (κ2) is 6.99. The molecule has 7 heteroatoms. The molecule has 2 saturated heterocycles. The molecular formula is C25H30N6O. The molecular weight excluding hydrogens is 400 g/mol. The summed E-state index contributed by atoms with van der Waals surface area (Å²) in [6, 6.07) is 8.25. The maximum Gasteiger partial charge on any atom is 0.0927 e. The van der Waals surface area contributed by atoms with Gasteiger partial charge in [-0.15, -0.1) is 0 Å². The molecule has 1 aromatic carbocycles. The third-order valence-corrected chi connectivity index (χ3v) is 8.22. The molecule has 1 N–H and O–H groups in total. The van der Waals surface area contributed by atoms with E-state index in [1.807, 2.05) is 6.20 Å². The molecule has 7 nitrogen and oxygen atoms in total. The van der Waals surface area contributed by atoms with Crippen LogP contribution in [0.4, 0.5) is 5.69 Å². The van der Waals surface area contributed by atoms with Crippen molar-refractivity contribution in [3.63, 3.8) is 0 Å². The van der Waals surface area contributed by atoms with E-state index in [1.54, 1.807) is 0 Å². The highest BCUT2D eigenvalue weighted by molar-refractivity contribution is 5.81. The summed E-state index contributed by atoms with van der Waals surface area (Å²) < 4.78 is 2.13. The van der Waals surface area contributed by atoms with Crippen molar-refractivity contribution in [2.24, 2.45) is 5.92 Å². The van der Waals surface area contributed by atoms with Gasteiger partial charge in [-0.2, -0.15) is 5.10 Å². The van der Waals surface area contributed by atoms with Gasteiger partial charge in [-0.05, 0) is 63.3 Å². The highest BCUT2D eigenvalue weighted by Crippen LogP contribution is 2.45. The second-order valence-electron chi connectivity index (χ2n) is 10.4. The molecule has 32 heavy (non-hydrogen) atoms. The molecule has 2 saturated carbocycles. The summed E-state index contributed by atoms with van der Waals surface area (Å²) in [5.74, 6) is 0.984. The molecule has 0 spiro atoms. The summed E-state index contributed by atoms with van der Waals surface area (Å²) >= 11 is 0. The van der Waals surface area contributed by atoms with Crippen LogP contribution in [0.5, 0.6) is 0 Å². The summed E-state index contributed by atoms with van der Waals surface area (Å²) in [4.78, 5) is 14.9. The number of likely N-dealkylation sites (N-methyl/N-ethyl adjacent to an activating group) is 1. The molecule has 2 aliphatic carbocycles. The number of rotatable bonds is 5. The molecule has 2 atom stereocenters. The fourth-order valence-electron chi connectivity index (χ4n) is 6.00. The smallest absolute Gasteiger partial charge is 0.0927 e. The van der Waals surface area contributed by atoms with Gasteiger partial charge in [0.15, 0.2) is 0 Å².